The van der Waals surface area contributed by atoms with Gasteiger partial charge in [-0.15, -0.1) is 0 Å². The quantitative estimate of drug-likeness (QED) is 0.796. The smallest absolute Gasteiger partial charge is 0.303 e. The van der Waals surface area contributed by atoms with E-state index >= 15 is 0 Å². The lowest BCUT2D eigenvalue weighted by Crippen LogP contribution is -2.42. The fourth-order valence-electron chi connectivity index (χ4n) is 2.42. The van der Waals surface area contributed by atoms with Crippen molar-refractivity contribution in [2.24, 2.45) is 11.8 Å². The van der Waals surface area contributed by atoms with Crippen molar-refractivity contribution in [2.45, 2.75) is 39.5 Å². The number of likely N-dealkylation sites (tertiary alicyclic amines) is 1. The van der Waals surface area contributed by atoms with Gasteiger partial charge in [-0.05, 0) is 24.7 Å². The maximum atomic E-state index is 11.8. The van der Waals surface area contributed by atoms with E-state index in [2.05, 4.69) is 13.8 Å². The van der Waals surface area contributed by atoms with E-state index in [4.69, 9.17) is 5.11 Å². The van der Waals surface area contributed by atoms with Crippen LogP contribution in [0.4, 0.5) is 0 Å². The molecular formula is C12H21NO3. The standard InChI is InChI=1S/C12H21NO3/c1-9-6-10(2)8-13(7-9)11(14)4-3-5-12(15)16/h9-10H,3-8H2,1-2H3,(H,15,16). The predicted octanol–water partition coefficient (Wildman–Crippen LogP) is 1.75. The molecule has 4 heteroatoms. The molecule has 0 aromatic carbocycles. The summed E-state index contributed by atoms with van der Waals surface area (Å²) in [7, 11) is 0. The fourth-order valence-corrected chi connectivity index (χ4v) is 2.42. The monoisotopic (exact) mass is 227 g/mol. The van der Waals surface area contributed by atoms with Gasteiger partial charge in [0.2, 0.25) is 5.91 Å². The molecule has 2 atom stereocenters. The number of rotatable bonds is 4. The van der Waals surface area contributed by atoms with Crippen LogP contribution in [0.15, 0.2) is 0 Å². The zero-order chi connectivity index (χ0) is 12.1. The van der Waals surface area contributed by atoms with Crippen molar-refractivity contribution in [1.29, 1.82) is 0 Å². The summed E-state index contributed by atoms with van der Waals surface area (Å²) >= 11 is 0. The highest BCUT2D eigenvalue weighted by Crippen LogP contribution is 2.21. The third-order valence-corrected chi connectivity index (χ3v) is 3.00. The normalized spacial score (nSPS) is 25.5. The Morgan fingerprint density at radius 2 is 1.75 bits per heavy atom. The Kier molecular flexibility index (Phi) is 4.77. The van der Waals surface area contributed by atoms with Gasteiger partial charge >= 0.3 is 5.97 Å². The number of nitrogens with zero attached hydrogens (tertiary/aromatic N) is 1. The summed E-state index contributed by atoms with van der Waals surface area (Å²) in [4.78, 5) is 24.0. The maximum absolute atomic E-state index is 11.8. The summed E-state index contributed by atoms with van der Waals surface area (Å²) in [5.74, 6) is 0.409. The van der Waals surface area contributed by atoms with E-state index in [0.29, 0.717) is 24.7 Å². The van der Waals surface area contributed by atoms with Crippen LogP contribution in [0.1, 0.15) is 39.5 Å². The van der Waals surface area contributed by atoms with Crippen molar-refractivity contribution in [3.8, 4) is 0 Å². The van der Waals surface area contributed by atoms with Gasteiger partial charge in [0.1, 0.15) is 0 Å². The van der Waals surface area contributed by atoms with Gasteiger partial charge < -0.3 is 10.0 Å². The largest absolute Gasteiger partial charge is 0.481 e. The summed E-state index contributed by atoms with van der Waals surface area (Å²) in [6.07, 6.45) is 2.09. The molecule has 1 rings (SSSR count). The topological polar surface area (TPSA) is 57.6 Å². The van der Waals surface area contributed by atoms with E-state index in [1.807, 2.05) is 4.90 Å². The van der Waals surface area contributed by atoms with Crippen LogP contribution in [-0.4, -0.2) is 35.0 Å². The van der Waals surface area contributed by atoms with Crippen LogP contribution in [0, 0.1) is 11.8 Å². The Balaban J connectivity index is 2.32. The first-order valence-corrected chi connectivity index (χ1v) is 5.98. The van der Waals surface area contributed by atoms with Gasteiger partial charge in [-0.1, -0.05) is 13.8 Å². The Labute approximate surface area is 96.6 Å². The van der Waals surface area contributed by atoms with Crippen LogP contribution in [0.5, 0.6) is 0 Å². The number of carboxylic acid groups (broad SMARTS) is 1. The van der Waals surface area contributed by atoms with E-state index < -0.39 is 5.97 Å². The van der Waals surface area contributed by atoms with Gasteiger partial charge in [0.25, 0.3) is 0 Å². The molecule has 4 nitrogen and oxygen atoms in total. The average Bonchev–Trinajstić information content (AvgIpc) is 2.15. The number of carbonyl (C=O) groups excluding carboxylic acids is 1. The van der Waals surface area contributed by atoms with Crippen molar-refractivity contribution >= 4 is 11.9 Å². The number of piperidine rings is 1. The fraction of sp³-hybridized carbons (Fsp3) is 0.833. The molecule has 1 N–H and O–H groups in total. The first-order valence-electron chi connectivity index (χ1n) is 5.98. The maximum Gasteiger partial charge on any atom is 0.303 e. The number of amides is 1. The third kappa shape index (κ3) is 4.21. The minimum absolute atomic E-state index is 0.0880. The van der Waals surface area contributed by atoms with Crippen molar-refractivity contribution < 1.29 is 14.7 Å². The zero-order valence-corrected chi connectivity index (χ0v) is 10.1. The summed E-state index contributed by atoms with van der Waals surface area (Å²) in [5.41, 5.74) is 0. The number of carbonyl (C=O) groups is 2. The van der Waals surface area contributed by atoms with E-state index in [1.54, 1.807) is 0 Å². The second-order valence-corrected chi connectivity index (χ2v) is 4.99. The number of hydrogen-bond acceptors (Lipinski definition) is 2. The molecule has 0 aliphatic carbocycles. The lowest BCUT2D eigenvalue weighted by atomic mass is 9.91. The van der Waals surface area contributed by atoms with Gasteiger partial charge in [0, 0.05) is 25.9 Å². The first kappa shape index (κ1) is 13.0. The first-order chi connectivity index (χ1) is 7.49. The molecule has 0 radical (unpaired) electrons. The summed E-state index contributed by atoms with van der Waals surface area (Å²) < 4.78 is 0. The molecule has 92 valence electrons. The molecule has 0 saturated carbocycles. The Bertz CT molecular complexity index is 255. The number of hydrogen-bond donors (Lipinski definition) is 1. The Hall–Kier alpha value is -1.06. The zero-order valence-electron chi connectivity index (χ0n) is 10.1. The van der Waals surface area contributed by atoms with E-state index in [1.165, 1.54) is 6.42 Å². The molecule has 0 aromatic heterocycles. The molecule has 0 spiro atoms. The SMILES string of the molecule is CC1CC(C)CN(C(=O)CCCC(=O)O)C1. The lowest BCUT2D eigenvalue weighted by Gasteiger charge is -2.35. The van der Waals surface area contributed by atoms with Crippen LogP contribution in [0.25, 0.3) is 0 Å². The lowest BCUT2D eigenvalue weighted by molar-refractivity contribution is -0.137. The Morgan fingerprint density at radius 3 is 2.25 bits per heavy atom. The van der Waals surface area contributed by atoms with E-state index in [0.717, 1.165) is 13.1 Å². The molecule has 16 heavy (non-hydrogen) atoms. The number of aliphatic carboxylic acids is 1. The van der Waals surface area contributed by atoms with Gasteiger partial charge in [-0.2, -0.15) is 0 Å². The molecule has 1 fully saturated rings. The summed E-state index contributed by atoms with van der Waals surface area (Å²) in [6, 6.07) is 0. The van der Waals surface area contributed by atoms with Gasteiger partial charge in [0.15, 0.2) is 0 Å². The molecule has 1 saturated heterocycles. The molecule has 0 aromatic rings. The van der Waals surface area contributed by atoms with Crippen LogP contribution in [0.3, 0.4) is 0 Å². The second-order valence-electron chi connectivity index (χ2n) is 4.99. The van der Waals surface area contributed by atoms with Crippen molar-refractivity contribution in [1.82, 2.24) is 4.90 Å². The molecular weight excluding hydrogens is 206 g/mol. The highest BCUT2D eigenvalue weighted by atomic mass is 16.4. The average molecular weight is 227 g/mol. The Morgan fingerprint density at radius 1 is 1.19 bits per heavy atom. The molecule has 2 unspecified atom stereocenters. The van der Waals surface area contributed by atoms with Crippen LogP contribution in [0.2, 0.25) is 0 Å². The summed E-state index contributed by atoms with van der Waals surface area (Å²) in [6.45, 7) is 5.98. The van der Waals surface area contributed by atoms with Crippen LogP contribution in [-0.2, 0) is 9.59 Å². The molecule has 0 bridgehead atoms. The predicted molar refractivity (Wildman–Crippen MR) is 61.0 cm³/mol. The van der Waals surface area contributed by atoms with Crippen molar-refractivity contribution in [2.75, 3.05) is 13.1 Å². The van der Waals surface area contributed by atoms with Crippen LogP contribution >= 0.6 is 0 Å². The highest BCUT2D eigenvalue weighted by molar-refractivity contribution is 5.77. The van der Waals surface area contributed by atoms with E-state index in [-0.39, 0.29) is 12.3 Å². The van der Waals surface area contributed by atoms with E-state index in [9.17, 15) is 9.59 Å². The molecule has 1 aliphatic rings. The molecule has 1 heterocycles. The second kappa shape index (κ2) is 5.87. The number of carboxylic acids is 1. The minimum Gasteiger partial charge on any atom is -0.481 e. The van der Waals surface area contributed by atoms with Gasteiger partial charge in [-0.3, -0.25) is 9.59 Å². The van der Waals surface area contributed by atoms with Crippen molar-refractivity contribution in [3.05, 3.63) is 0 Å². The molecule has 1 amide bonds. The molecule has 1 aliphatic heterocycles. The highest BCUT2D eigenvalue weighted by Gasteiger charge is 2.24. The third-order valence-electron chi connectivity index (χ3n) is 3.00. The minimum atomic E-state index is -0.826. The van der Waals surface area contributed by atoms with Gasteiger partial charge in [0.05, 0.1) is 0 Å². The van der Waals surface area contributed by atoms with Gasteiger partial charge in [-0.25, -0.2) is 0 Å². The van der Waals surface area contributed by atoms with Crippen LogP contribution < -0.4 is 0 Å². The van der Waals surface area contributed by atoms with Crippen molar-refractivity contribution in [3.63, 3.8) is 0 Å². The summed E-state index contributed by atoms with van der Waals surface area (Å²) in [5, 5.41) is 8.50.